The molecule has 1 aliphatic rings. The van der Waals surface area contributed by atoms with Crippen LogP contribution in [0.2, 0.25) is 0 Å². The van der Waals surface area contributed by atoms with Gasteiger partial charge in [-0.3, -0.25) is 4.99 Å². The van der Waals surface area contributed by atoms with Crippen LogP contribution in [-0.2, 0) is 11.3 Å². The number of hydrogen-bond acceptors (Lipinski definition) is 4. The Kier molecular flexibility index (Phi) is 9.98. The molecule has 1 fully saturated rings. The average Bonchev–Trinajstić information content (AvgIpc) is 2.70. The van der Waals surface area contributed by atoms with Gasteiger partial charge in [0, 0.05) is 52.6 Å². The Balaban J connectivity index is 1.65. The number of piperidine rings is 1. The lowest BCUT2D eigenvalue weighted by molar-refractivity contribution is 0.129. The highest BCUT2D eigenvalue weighted by Crippen LogP contribution is 2.21. The maximum absolute atomic E-state index is 5.57. The lowest BCUT2D eigenvalue weighted by atomic mass is 9.99. The van der Waals surface area contributed by atoms with E-state index in [1.165, 1.54) is 19.3 Å². The molecule has 0 aliphatic carbocycles. The van der Waals surface area contributed by atoms with E-state index >= 15 is 0 Å². The molecule has 0 saturated carbocycles. The minimum absolute atomic E-state index is 0.719. The van der Waals surface area contributed by atoms with Gasteiger partial charge in [0.15, 0.2) is 5.96 Å². The van der Waals surface area contributed by atoms with E-state index in [1.54, 1.807) is 7.05 Å². The van der Waals surface area contributed by atoms with Crippen LogP contribution in [0.3, 0.4) is 0 Å². The van der Waals surface area contributed by atoms with Crippen LogP contribution in [0, 0.1) is 5.92 Å². The summed E-state index contributed by atoms with van der Waals surface area (Å²) < 4.78 is 5.57. The molecule has 27 heavy (non-hydrogen) atoms. The molecule has 0 atom stereocenters. The molecular formula is C21H37N5O. The fourth-order valence-electron chi connectivity index (χ4n) is 3.08. The summed E-state index contributed by atoms with van der Waals surface area (Å²) in [6.45, 7) is 9.98. The van der Waals surface area contributed by atoms with Crippen molar-refractivity contribution in [1.29, 1.82) is 0 Å². The molecule has 0 amide bonds. The number of rotatable bonds is 10. The standard InChI is InChI=1S/C21H37N5O/c1-4-5-14-27-15-6-11-23-21(22-3)25-17-19-7-8-20(24-16-19)26-12-9-18(2)10-13-26/h7-8,16,18H,4-6,9-15,17H2,1-3H3,(H2,22,23,25). The lowest BCUT2D eigenvalue weighted by Crippen LogP contribution is -2.37. The van der Waals surface area contributed by atoms with Crippen molar-refractivity contribution in [3.05, 3.63) is 23.9 Å². The lowest BCUT2D eigenvalue weighted by Gasteiger charge is -2.31. The van der Waals surface area contributed by atoms with Gasteiger partial charge in [-0.15, -0.1) is 0 Å². The third-order valence-corrected chi connectivity index (χ3v) is 5.00. The second-order valence-electron chi connectivity index (χ2n) is 7.37. The topological polar surface area (TPSA) is 61.8 Å². The number of pyridine rings is 1. The number of nitrogens with one attached hydrogen (secondary N) is 2. The van der Waals surface area contributed by atoms with Crippen LogP contribution >= 0.6 is 0 Å². The molecule has 152 valence electrons. The second kappa shape index (κ2) is 12.5. The number of hydrogen-bond donors (Lipinski definition) is 2. The summed E-state index contributed by atoms with van der Waals surface area (Å²) in [6, 6.07) is 4.29. The molecule has 1 saturated heterocycles. The highest BCUT2D eigenvalue weighted by atomic mass is 16.5. The molecule has 0 spiro atoms. The predicted molar refractivity (Wildman–Crippen MR) is 113 cm³/mol. The Morgan fingerprint density at radius 1 is 1.22 bits per heavy atom. The smallest absolute Gasteiger partial charge is 0.191 e. The number of ether oxygens (including phenoxy) is 1. The SMILES string of the molecule is CCCCOCCCNC(=NC)NCc1ccc(N2CCC(C)CC2)nc1. The van der Waals surface area contributed by atoms with Gasteiger partial charge in [0.25, 0.3) is 0 Å². The van der Waals surface area contributed by atoms with Gasteiger partial charge in [-0.05, 0) is 43.2 Å². The number of aromatic nitrogens is 1. The van der Waals surface area contributed by atoms with Crippen molar-refractivity contribution in [2.75, 3.05) is 44.8 Å². The molecule has 2 N–H and O–H groups in total. The molecule has 0 bridgehead atoms. The maximum atomic E-state index is 5.57. The van der Waals surface area contributed by atoms with Crippen molar-refractivity contribution in [3.8, 4) is 0 Å². The van der Waals surface area contributed by atoms with Crippen molar-refractivity contribution in [3.63, 3.8) is 0 Å². The molecule has 2 heterocycles. The van der Waals surface area contributed by atoms with Crippen molar-refractivity contribution < 1.29 is 4.74 Å². The maximum Gasteiger partial charge on any atom is 0.191 e. The fourth-order valence-corrected chi connectivity index (χ4v) is 3.08. The first kappa shape index (κ1) is 21.5. The Hall–Kier alpha value is -1.82. The number of guanidine groups is 1. The van der Waals surface area contributed by atoms with Crippen LogP contribution in [0.4, 0.5) is 5.82 Å². The van der Waals surface area contributed by atoms with Gasteiger partial charge >= 0.3 is 0 Å². The number of aliphatic imine (C=N–C) groups is 1. The molecule has 0 unspecified atom stereocenters. The third kappa shape index (κ3) is 8.16. The van der Waals surface area contributed by atoms with E-state index in [0.717, 1.165) is 75.5 Å². The van der Waals surface area contributed by atoms with E-state index in [-0.39, 0.29) is 0 Å². The molecule has 1 aliphatic heterocycles. The van der Waals surface area contributed by atoms with Crippen LogP contribution in [-0.4, -0.2) is 50.8 Å². The summed E-state index contributed by atoms with van der Waals surface area (Å²) in [5, 5.41) is 6.67. The zero-order chi connectivity index (χ0) is 19.3. The van der Waals surface area contributed by atoms with E-state index in [2.05, 4.69) is 51.5 Å². The van der Waals surface area contributed by atoms with Crippen LogP contribution in [0.25, 0.3) is 0 Å². The Morgan fingerprint density at radius 2 is 2.00 bits per heavy atom. The van der Waals surface area contributed by atoms with Crippen molar-refractivity contribution in [1.82, 2.24) is 15.6 Å². The van der Waals surface area contributed by atoms with Crippen LogP contribution in [0.15, 0.2) is 23.3 Å². The number of anilines is 1. The van der Waals surface area contributed by atoms with Gasteiger partial charge in [-0.25, -0.2) is 4.98 Å². The molecule has 0 radical (unpaired) electrons. The predicted octanol–water partition coefficient (Wildman–Crippen LogP) is 3.19. The van der Waals surface area contributed by atoms with Crippen LogP contribution in [0.1, 0.15) is 51.5 Å². The number of unbranched alkanes of at least 4 members (excludes halogenated alkanes) is 1. The number of nitrogens with zero attached hydrogens (tertiary/aromatic N) is 3. The Labute approximate surface area is 164 Å². The Morgan fingerprint density at radius 3 is 2.67 bits per heavy atom. The van der Waals surface area contributed by atoms with Crippen molar-refractivity contribution in [2.45, 2.75) is 52.5 Å². The second-order valence-corrected chi connectivity index (χ2v) is 7.37. The van der Waals surface area contributed by atoms with Gasteiger partial charge in [0.1, 0.15) is 5.82 Å². The molecule has 2 rings (SSSR count). The highest BCUT2D eigenvalue weighted by Gasteiger charge is 2.16. The van der Waals surface area contributed by atoms with Crippen LogP contribution < -0.4 is 15.5 Å². The largest absolute Gasteiger partial charge is 0.381 e. The van der Waals surface area contributed by atoms with Gasteiger partial charge < -0.3 is 20.3 Å². The van der Waals surface area contributed by atoms with Gasteiger partial charge in [-0.2, -0.15) is 0 Å². The first-order valence-electron chi connectivity index (χ1n) is 10.4. The van der Waals surface area contributed by atoms with Gasteiger partial charge in [-0.1, -0.05) is 26.3 Å². The highest BCUT2D eigenvalue weighted by molar-refractivity contribution is 5.79. The zero-order valence-electron chi connectivity index (χ0n) is 17.3. The summed E-state index contributed by atoms with van der Waals surface area (Å²) >= 11 is 0. The summed E-state index contributed by atoms with van der Waals surface area (Å²) in [4.78, 5) is 11.3. The zero-order valence-corrected chi connectivity index (χ0v) is 17.3. The molecule has 6 heteroatoms. The quantitative estimate of drug-likeness (QED) is 0.374. The molecule has 1 aromatic heterocycles. The van der Waals surface area contributed by atoms with E-state index in [0.29, 0.717) is 0 Å². The summed E-state index contributed by atoms with van der Waals surface area (Å²) in [6.07, 6.45) is 7.79. The Bertz CT molecular complexity index is 538. The monoisotopic (exact) mass is 375 g/mol. The first-order valence-corrected chi connectivity index (χ1v) is 10.4. The average molecular weight is 376 g/mol. The summed E-state index contributed by atoms with van der Waals surface area (Å²) in [7, 11) is 1.80. The normalized spacial score (nSPS) is 15.8. The summed E-state index contributed by atoms with van der Waals surface area (Å²) in [5.41, 5.74) is 1.16. The summed E-state index contributed by atoms with van der Waals surface area (Å²) in [5.74, 6) is 2.75. The minimum Gasteiger partial charge on any atom is -0.381 e. The van der Waals surface area contributed by atoms with E-state index in [9.17, 15) is 0 Å². The van der Waals surface area contributed by atoms with E-state index in [1.807, 2.05) is 6.20 Å². The van der Waals surface area contributed by atoms with E-state index < -0.39 is 0 Å². The van der Waals surface area contributed by atoms with Gasteiger partial charge in [0.05, 0.1) is 0 Å². The first-order chi connectivity index (χ1) is 13.2. The molecular weight excluding hydrogens is 338 g/mol. The minimum atomic E-state index is 0.719. The van der Waals surface area contributed by atoms with Crippen molar-refractivity contribution in [2.24, 2.45) is 10.9 Å². The molecule has 0 aromatic carbocycles. The fraction of sp³-hybridized carbons (Fsp3) is 0.714. The van der Waals surface area contributed by atoms with Crippen LogP contribution in [0.5, 0.6) is 0 Å². The third-order valence-electron chi connectivity index (χ3n) is 5.00. The molecule has 6 nitrogen and oxygen atoms in total. The van der Waals surface area contributed by atoms with E-state index in [4.69, 9.17) is 4.74 Å². The van der Waals surface area contributed by atoms with Gasteiger partial charge in [0.2, 0.25) is 0 Å². The van der Waals surface area contributed by atoms with Crippen molar-refractivity contribution >= 4 is 11.8 Å². The molecule has 1 aromatic rings.